The van der Waals surface area contributed by atoms with Gasteiger partial charge in [0.2, 0.25) is 10.0 Å². The maximum Gasteiger partial charge on any atom is 0.255 e. The van der Waals surface area contributed by atoms with Crippen LogP contribution in [0.4, 0.5) is 5.69 Å². The van der Waals surface area contributed by atoms with Gasteiger partial charge in [0.05, 0.1) is 11.5 Å². The molecular weight excluding hydrogens is 376 g/mol. The van der Waals surface area contributed by atoms with Gasteiger partial charge in [-0.25, -0.2) is 8.42 Å². The molecule has 0 aromatic heterocycles. The van der Waals surface area contributed by atoms with Crippen molar-refractivity contribution in [3.05, 3.63) is 54.1 Å². The minimum absolute atomic E-state index is 0.151. The van der Waals surface area contributed by atoms with Crippen LogP contribution in [0, 0.1) is 5.92 Å². The standard InChI is InChI=1S/C21H26N2O4S/c1-3-27-19-8-5-7-18(15-19)22-21(24)17-6-4-9-20(14-17)28(25,26)23-12-10-16(2)11-13-23/h4-9,14-16H,3,10-13H2,1-2H3,(H,22,24). The molecule has 0 saturated carbocycles. The van der Waals surface area contributed by atoms with Gasteiger partial charge in [0.1, 0.15) is 5.75 Å². The van der Waals surface area contributed by atoms with Gasteiger partial charge in [-0.05, 0) is 56.0 Å². The number of amides is 1. The van der Waals surface area contributed by atoms with Crippen molar-refractivity contribution in [2.24, 2.45) is 5.92 Å². The van der Waals surface area contributed by atoms with Crippen LogP contribution in [-0.2, 0) is 10.0 Å². The van der Waals surface area contributed by atoms with Crippen LogP contribution >= 0.6 is 0 Å². The van der Waals surface area contributed by atoms with Crippen molar-refractivity contribution >= 4 is 21.6 Å². The van der Waals surface area contributed by atoms with E-state index < -0.39 is 10.0 Å². The van der Waals surface area contributed by atoms with Crippen LogP contribution in [0.1, 0.15) is 37.0 Å². The lowest BCUT2D eigenvalue weighted by Crippen LogP contribution is -2.37. The third-order valence-electron chi connectivity index (χ3n) is 4.88. The molecule has 0 aliphatic carbocycles. The maximum atomic E-state index is 12.9. The van der Waals surface area contributed by atoms with Gasteiger partial charge in [-0.15, -0.1) is 0 Å². The van der Waals surface area contributed by atoms with E-state index in [9.17, 15) is 13.2 Å². The van der Waals surface area contributed by atoms with Gasteiger partial charge >= 0.3 is 0 Å². The second-order valence-electron chi connectivity index (χ2n) is 7.03. The Bertz CT molecular complexity index is 935. The topological polar surface area (TPSA) is 75.7 Å². The van der Waals surface area contributed by atoms with E-state index in [0.29, 0.717) is 42.6 Å². The van der Waals surface area contributed by atoms with Crippen molar-refractivity contribution in [3.8, 4) is 5.75 Å². The number of anilines is 1. The summed E-state index contributed by atoms with van der Waals surface area (Å²) in [6, 6.07) is 13.3. The molecule has 1 heterocycles. The van der Waals surface area contributed by atoms with Crippen LogP contribution in [0.25, 0.3) is 0 Å². The number of benzene rings is 2. The van der Waals surface area contributed by atoms with Crippen molar-refractivity contribution in [3.63, 3.8) is 0 Å². The molecular formula is C21H26N2O4S. The van der Waals surface area contributed by atoms with Crippen molar-refractivity contribution < 1.29 is 17.9 Å². The summed E-state index contributed by atoms with van der Waals surface area (Å²) < 4.78 is 32.8. The molecule has 3 rings (SSSR count). The number of nitrogens with one attached hydrogen (secondary N) is 1. The molecule has 1 aliphatic heterocycles. The van der Waals surface area contributed by atoms with Gasteiger partial charge in [0.15, 0.2) is 0 Å². The number of sulfonamides is 1. The minimum Gasteiger partial charge on any atom is -0.494 e. The number of hydrogen-bond donors (Lipinski definition) is 1. The van der Waals surface area contributed by atoms with Gasteiger partial charge in [-0.3, -0.25) is 4.79 Å². The molecule has 0 radical (unpaired) electrons. The Morgan fingerprint density at radius 1 is 1.14 bits per heavy atom. The predicted octanol–water partition coefficient (Wildman–Crippen LogP) is 3.76. The van der Waals surface area contributed by atoms with E-state index >= 15 is 0 Å². The third kappa shape index (κ3) is 4.72. The summed E-state index contributed by atoms with van der Waals surface area (Å²) in [5.74, 6) is 0.838. The molecule has 150 valence electrons. The molecule has 1 fully saturated rings. The average molecular weight is 403 g/mol. The molecule has 1 amide bonds. The molecule has 0 bridgehead atoms. The monoisotopic (exact) mass is 402 g/mol. The summed E-state index contributed by atoms with van der Waals surface area (Å²) >= 11 is 0. The first-order valence-corrected chi connectivity index (χ1v) is 11.0. The first-order valence-electron chi connectivity index (χ1n) is 9.54. The van der Waals surface area contributed by atoms with Crippen molar-refractivity contribution in [2.45, 2.75) is 31.6 Å². The lowest BCUT2D eigenvalue weighted by Gasteiger charge is -2.29. The molecule has 0 unspecified atom stereocenters. The fraction of sp³-hybridized carbons (Fsp3) is 0.381. The Morgan fingerprint density at radius 2 is 1.86 bits per heavy atom. The Balaban J connectivity index is 1.77. The highest BCUT2D eigenvalue weighted by molar-refractivity contribution is 7.89. The Morgan fingerprint density at radius 3 is 2.57 bits per heavy atom. The quantitative estimate of drug-likeness (QED) is 0.798. The SMILES string of the molecule is CCOc1cccc(NC(=O)c2cccc(S(=O)(=O)N3CCC(C)CC3)c2)c1. The summed E-state index contributed by atoms with van der Waals surface area (Å²) in [6.45, 7) is 5.59. The van der Waals surface area contributed by atoms with Crippen LogP contribution in [0.5, 0.6) is 5.75 Å². The van der Waals surface area contributed by atoms with E-state index in [1.165, 1.54) is 10.4 Å². The van der Waals surface area contributed by atoms with Crippen LogP contribution in [0.15, 0.2) is 53.4 Å². The Kier molecular flexibility index (Phi) is 6.36. The van der Waals surface area contributed by atoms with Gasteiger partial charge in [0, 0.05) is 30.4 Å². The molecule has 7 heteroatoms. The zero-order chi connectivity index (χ0) is 20.1. The third-order valence-corrected chi connectivity index (χ3v) is 6.77. The fourth-order valence-corrected chi connectivity index (χ4v) is 4.72. The second-order valence-corrected chi connectivity index (χ2v) is 8.97. The predicted molar refractivity (Wildman–Crippen MR) is 109 cm³/mol. The summed E-state index contributed by atoms with van der Waals surface area (Å²) in [4.78, 5) is 12.8. The molecule has 2 aromatic carbocycles. The number of carbonyl (C=O) groups is 1. The van der Waals surface area contributed by atoms with E-state index in [0.717, 1.165) is 12.8 Å². The molecule has 2 aromatic rings. The largest absolute Gasteiger partial charge is 0.494 e. The average Bonchev–Trinajstić information content (AvgIpc) is 2.69. The highest BCUT2D eigenvalue weighted by atomic mass is 32.2. The first kappa shape index (κ1) is 20.4. The van der Waals surface area contributed by atoms with Gasteiger partial charge in [-0.1, -0.05) is 19.1 Å². The van der Waals surface area contributed by atoms with Crippen LogP contribution in [0.2, 0.25) is 0 Å². The Labute approximate surface area is 166 Å². The smallest absolute Gasteiger partial charge is 0.255 e. The van der Waals surface area contributed by atoms with Gasteiger partial charge in [-0.2, -0.15) is 4.31 Å². The van der Waals surface area contributed by atoms with E-state index in [-0.39, 0.29) is 10.8 Å². The highest BCUT2D eigenvalue weighted by Gasteiger charge is 2.28. The van der Waals surface area contributed by atoms with E-state index in [1.807, 2.05) is 13.0 Å². The van der Waals surface area contributed by atoms with E-state index in [1.54, 1.807) is 36.4 Å². The summed E-state index contributed by atoms with van der Waals surface area (Å²) in [5, 5.41) is 2.79. The zero-order valence-corrected chi connectivity index (χ0v) is 17.0. The normalized spacial score (nSPS) is 15.9. The van der Waals surface area contributed by atoms with Crippen LogP contribution in [-0.4, -0.2) is 38.3 Å². The highest BCUT2D eigenvalue weighted by Crippen LogP contribution is 2.24. The molecule has 1 aliphatic rings. The number of piperidine rings is 1. The number of carbonyl (C=O) groups excluding carboxylic acids is 1. The molecule has 1 N–H and O–H groups in total. The number of ether oxygens (including phenoxy) is 1. The fourth-order valence-electron chi connectivity index (χ4n) is 3.21. The number of nitrogens with zero attached hydrogens (tertiary/aromatic N) is 1. The summed E-state index contributed by atoms with van der Waals surface area (Å²) in [7, 11) is -3.60. The number of hydrogen-bond acceptors (Lipinski definition) is 4. The van der Waals surface area contributed by atoms with Crippen LogP contribution in [0.3, 0.4) is 0 Å². The van der Waals surface area contributed by atoms with E-state index in [4.69, 9.17) is 4.74 Å². The lowest BCUT2D eigenvalue weighted by atomic mass is 10.0. The van der Waals surface area contributed by atoms with Crippen molar-refractivity contribution in [1.82, 2.24) is 4.31 Å². The molecule has 1 saturated heterocycles. The molecule has 28 heavy (non-hydrogen) atoms. The maximum absolute atomic E-state index is 12.9. The minimum atomic E-state index is -3.60. The molecule has 0 atom stereocenters. The van der Waals surface area contributed by atoms with Gasteiger partial charge < -0.3 is 10.1 Å². The molecule has 0 spiro atoms. The van der Waals surface area contributed by atoms with E-state index in [2.05, 4.69) is 12.2 Å². The zero-order valence-electron chi connectivity index (χ0n) is 16.2. The van der Waals surface area contributed by atoms with Crippen molar-refractivity contribution in [1.29, 1.82) is 0 Å². The second kappa shape index (κ2) is 8.75. The Hall–Kier alpha value is -2.38. The number of rotatable bonds is 6. The van der Waals surface area contributed by atoms with Crippen LogP contribution < -0.4 is 10.1 Å². The molecule has 6 nitrogen and oxygen atoms in total. The summed E-state index contributed by atoms with van der Waals surface area (Å²) in [6.07, 6.45) is 1.71. The van der Waals surface area contributed by atoms with Crippen molar-refractivity contribution in [2.75, 3.05) is 25.0 Å². The lowest BCUT2D eigenvalue weighted by molar-refractivity contribution is 0.102. The first-order chi connectivity index (χ1) is 13.4. The van der Waals surface area contributed by atoms with Gasteiger partial charge in [0.25, 0.3) is 5.91 Å². The summed E-state index contributed by atoms with van der Waals surface area (Å²) in [5.41, 5.74) is 0.891.